The minimum atomic E-state index is -3.26. The van der Waals surface area contributed by atoms with E-state index in [-0.39, 0.29) is 0 Å². The highest BCUT2D eigenvalue weighted by Gasteiger charge is 2.04. The zero-order valence-electron chi connectivity index (χ0n) is 7.52. The van der Waals surface area contributed by atoms with Crippen LogP contribution in [0.3, 0.4) is 0 Å². The van der Waals surface area contributed by atoms with E-state index in [1.807, 2.05) is 0 Å². The largest absolute Gasteiger partial charge is 0.398 e. The van der Waals surface area contributed by atoms with Crippen molar-refractivity contribution in [3.05, 3.63) is 18.2 Å². The molecular weight excluding hydrogens is 222 g/mol. The number of hydrogen-bond acceptors (Lipinski definition) is 5. The van der Waals surface area contributed by atoms with Crippen LogP contribution >= 0.6 is 11.9 Å². The molecule has 5 nitrogen and oxygen atoms in total. The van der Waals surface area contributed by atoms with E-state index in [1.165, 1.54) is 0 Å². The first-order valence-corrected chi connectivity index (χ1v) is 6.43. The van der Waals surface area contributed by atoms with Gasteiger partial charge in [0, 0.05) is 16.3 Å². The van der Waals surface area contributed by atoms with Gasteiger partial charge in [0.25, 0.3) is 0 Å². The van der Waals surface area contributed by atoms with Crippen molar-refractivity contribution in [3.63, 3.8) is 0 Å². The van der Waals surface area contributed by atoms with Gasteiger partial charge in [-0.3, -0.25) is 9.86 Å². The average molecular weight is 233 g/mol. The maximum absolute atomic E-state index is 10.9. The molecule has 0 saturated carbocycles. The Morgan fingerprint density at radius 2 is 2.07 bits per heavy atom. The summed E-state index contributed by atoms with van der Waals surface area (Å²) < 4.78 is 24.1. The first kappa shape index (κ1) is 11.2. The normalized spacial score (nSPS) is 11.3. The van der Waals surface area contributed by atoms with Gasteiger partial charge in [0.15, 0.2) is 0 Å². The molecule has 0 aromatic heterocycles. The topological polar surface area (TPSA) is 98.2 Å². The Morgan fingerprint density at radius 3 is 2.57 bits per heavy atom. The molecular formula is C7H11N3O2S2. The van der Waals surface area contributed by atoms with Gasteiger partial charge < -0.3 is 5.73 Å². The molecule has 0 spiro atoms. The van der Waals surface area contributed by atoms with Crippen LogP contribution in [-0.4, -0.2) is 14.7 Å². The average Bonchev–Trinajstić information content (AvgIpc) is 2.06. The Kier molecular flexibility index (Phi) is 3.25. The van der Waals surface area contributed by atoms with Gasteiger partial charge >= 0.3 is 0 Å². The van der Waals surface area contributed by atoms with Crippen LogP contribution in [0, 0.1) is 0 Å². The highest BCUT2D eigenvalue weighted by atomic mass is 32.2. The Bertz CT molecular complexity index is 431. The molecule has 0 bridgehead atoms. The van der Waals surface area contributed by atoms with Crippen LogP contribution in [0.5, 0.6) is 0 Å². The number of anilines is 2. The van der Waals surface area contributed by atoms with E-state index >= 15 is 0 Å². The van der Waals surface area contributed by atoms with E-state index in [0.29, 0.717) is 16.3 Å². The second kappa shape index (κ2) is 4.07. The van der Waals surface area contributed by atoms with Crippen molar-refractivity contribution in [1.29, 1.82) is 0 Å². The Morgan fingerprint density at radius 1 is 1.43 bits per heavy atom. The van der Waals surface area contributed by atoms with Crippen molar-refractivity contribution in [2.45, 2.75) is 4.90 Å². The van der Waals surface area contributed by atoms with Gasteiger partial charge in [-0.2, -0.15) is 0 Å². The summed E-state index contributed by atoms with van der Waals surface area (Å²) in [7, 11) is -3.26. The molecule has 0 aliphatic carbocycles. The highest BCUT2D eigenvalue weighted by Crippen LogP contribution is 2.24. The molecule has 0 fully saturated rings. The third-order valence-electron chi connectivity index (χ3n) is 1.44. The Hall–Kier alpha value is -0.920. The number of sulfonamides is 1. The summed E-state index contributed by atoms with van der Waals surface area (Å²) >= 11 is 0.976. The van der Waals surface area contributed by atoms with Crippen molar-refractivity contribution in [3.8, 4) is 0 Å². The lowest BCUT2D eigenvalue weighted by atomic mass is 10.3. The SMILES string of the molecule is CS(=O)(=O)Nc1ccc(N)c(SN)c1. The van der Waals surface area contributed by atoms with Gasteiger partial charge in [-0.25, -0.2) is 8.42 Å². The zero-order valence-corrected chi connectivity index (χ0v) is 9.15. The van der Waals surface area contributed by atoms with E-state index in [2.05, 4.69) is 4.72 Å². The fourth-order valence-corrected chi connectivity index (χ4v) is 1.87. The highest BCUT2D eigenvalue weighted by molar-refractivity contribution is 7.97. The minimum Gasteiger partial charge on any atom is -0.398 e. The molecule has 78 valence electrons. The first-order chi connectivity index (χ1) is 6.42. The number of rotatable bonds is 3. The van der Waals surface area contributed by atoms with Crippen LogP contribution in [0.4, 0.5) is 11.4 Å². The van der Waals surface area contributed by atoms with Gasteiger partial charge in [0.05, 0.1) is 6.26 Å². The third kappa shape index (κ3) is 3.09. The maximum atomic E-state index is 10.9. The van der Waals surface area contributed by atoms with Crippen LogP contribution in [0.2, 0.25) is 0 Å². The van der Waals surface area contributed by atoms with Crippen LogP contribution in [0.25, 0.3) is 0 Å². The van der Waals surface area contributed by atoms with Gasteiger partial charge in [0.2, 0.25) is 10.0 Å². The standard InChI is InChI=1S/C7H11N3O2S2/c1-14(11,12)10-5-2-3-6(8)7(4-5)13-9/h2-4,10H,8-9H2,1H3. The minimum absolute atomic E-state index is 0.453. The summed E-state index contributed by atoms with van der Waals surface area (Å²) in [6.07, 6.45) is 1.08. The van der Waals surface area contributed by atoms with Crippen molar-refractivity contribution in [1.82, 2.24) is 0 Å². The lowest BCUT2D eigenvalue weighted by molar-refractivity contribution is 0.607. The van der Waals surface area contributed by atoms with Gasteiger partial charge in [0.1, 0.15) is 0 Å². The van der Waals surface area contributed by atoms with Crippen LogP contribution in [0.1, 0.15) is 0 Å². The van der Waals surface area contributed by atoms with Gasteiger partial charge in [-0.15, -0.1) is 0 Å². The lowest BCUT2D eigenvalue weighted by Gasteiger charge is -2.06. The fourth-order valence-electron chi connectivity index (χ4n) is 0.914. The van der Waals surface area contributed by atoms with E-state index in [1.54, 1.807) is 18.2 Å². The summed E-state index contributed by atoms with van der Waals surface area (Å²) in [4.78, 5) is 0.638. The molecule has 7 heteroatoms. The molecule has 0 amide bonds. The molecule has 1 aromatic carbocycles. The predicted octanol–water partition coefficient (Wildman–Crippen LogP) is 0.606. The van der Waals surface area contributed by atoms with Crippen molar-refractivity contribution >= 4 is 33.3 Å². The van der Waals surface area contributed by atoms with Crippen LogP contribution in [0.15, 0.2) is 23.1 Å². The summed E-state index contributed by atoms with van der Waals surface area (Å²) in [5.41, 5.74) is 6.56. The van der Waals surface area contributed by atoms with E-state index < -0.39 is 10.0 Å². The molecule has 1 aromatic rings. The summed E-state index contributed by atoms with van der Waals surface area (Å²) in [6, 6.07) is 4.76. The van der Waals surface area contributed by atoms with Crippen molar-refractivity contribution in [2.24, 2.45) is 5.14 Å². The molecule has 5 N–H and O–H groups in total. The number of nitrogens with two attached hydrogens (primary N) is 2. The molecule has 14 heavy (non-hydrogen) atoms. The number of nitrogen functional groups attached to an aromatic ring is 1. The van der Waals surface area contributed by atoms with Crippen molar-refractivity contribution < 1.29 is 8.42 Å². The molecule has 0 radical (unpaired) electrons. The summed E-state index contributed by atoms with van der Waals surface area (Å²) in [5.74, 6) is 0. The quantitative estimate of drug-likeness (QED) is 0.524. The number of hydrogen-bond donors (Lipinski definition) is 3. The molecule has 0 atom stereocenters. The summed E-state index contributed by atoms with van der Waals surface area (Å²) in [5, 5.41) is 5.34. The Balaban J connectivity index is 3.01. The summed E-state index contributed by atoms with van der Waals surface area (Å²) in [6.45, 7) is 0. The first-order valence-electron chi connectivity index (χ1n) is 3.66. The van der Waals surface area contributed by atoms with Crippen LogP contribution < -0.4 is 15.6 Å². The van der Waals surface area contributed by atoms with E-state index in [9.17, 15) is 8.42 Å². The lowest BCUT2D eigenvalue weighted by Crippen LogP contribution is -2.09. The second-order valence-electron chi connectivity index (χ2n) is 2.74. The monoisotopic (exact) mass is 233 g/mol. The van der Waals surface area contributed by atoms with Gasteiger partial charge in [-0.1, -0.05) is 0 Å². The molecule has 0 aliphatic rings. The predicted molar refractivity (Wildman–Crippen MR) is 59.4 cm³/mol. The molecule has 0 unspecified atom stereocenters. The third-order valence-corrected chi connectivity index (χ3v) is 2.66. The second-order valence-corrected chi connectivity index (χ2v) is 5.17. The smallest absolute Gasteiger partial charge is 0.229 e. The molecule has 0 heterocycles. The van der Waals surface area contributed by atoms with Crippen molar-refractivity contribution in [2.75, 3.05) is 16.7 Å². The molecule has 1 rings (SSSR count). The molecule has 0 saturated heterocycles. The number of nitrogens with one attached hydrogen (secondary N) is 1. The maximum Gasteiger partial charge on any atom is 0.229 e. The number of benzene rings is 1. The Labute approximate surface area is 87.0 Å². The van der Waals surface area contributed by atoms with E-state index in [0.717, 1.165) is 18.2 Å². The molecule has 0 aliphatic heterocycles. The van der Waals surface area contributed by atoms with Gasteiger partial charge in [-0.05, 0) is 30.1 Å². The van der Waals surface area contributed by atoms with E-state index in [4.69, 9.17) is 10.9 Å². The van der Waals surface area contributed by atoms with Crippen LogP contribution in [-0.2, 0) is 10.0 Å². The zero-order chi connectivity index (χ0) is 10.8. The fraction of sp³-hybridized carbons (Fsp3) is 0.143.